The van der Waals surface area contributed by atoms with Crippen molar-refractivity contribution in [3.8, 4) is 0 Å². The maximum absolute atomic E-state index is 13.3. The van der Waals surface area contributed by atoms with Crippen LogP contribution >= 0.6 is 0 Å². The van der Waals surface area contributed by atoms with E-state index in [2.05, 4.69) is 17.1 Å². The zero-order chi connectivity index (χ0) is 25.8. The average Bonchev–Trinajstić information content (AvgIpc) is 3.26. The standard InChI is InChI=1S/C29H30N4O4/c1-31(28(35)23-11-7-8-16-30-23)25(19-21-9-3-2-4-10-21)22-14-17-32(18-15-22)27(34)20-33-24-12-5-6-13-26(24)37-29(33)36/h2-13,16,22,25H,14-15,17-20H2,1H3/t25-/m0/s1. The molecule has 3 heterocycles. The molecule has 0 unspecified atom stereocenters. The number of benzene rings is 2. The molecule has 2 amide bonds. The van der Waals surface area contributed by atoms with E-state index in [1.807, 2.05) is 47.2 Å². The molecule has 1 saturated heterocycles. The molecule has 37 heavy (non-hydrogen) atoms. The van der Waals surface area contributed by atoms with Crippen molar-refractivity contribution in [3.05, 3.63) is 101 Å². The van der Waals surface area contributed by atoms with Crippen LogP contribution in [0.1, 0.15) is 28.9 Å². The van der Waals surface area contributed by atoms with Crippen LogP contribution in [-0.4, -0.2) is 57.3 Å². The highest BCUT2D eigenvalue weighted by Crippen LogP contribution is 2.27. The maximum Gasteiger partial charge on any atom is 0.420 e. The molecular formula is C29H30N4O4. The van der Waals surface area contributed by atoms with Gasteiger partial charge in [0, 0.05) is 32.4 Å². The molecule has 0 radical (unpaired) electrons. The van der Waals surface area contributed by atoms with Gasteiger partial charge in [-0.2, -0.15) is 0 Å². The Bertz CT molecular complexity index is 1420. The maximum atomic E-state index is 13.3. The third kappa shape index (κ3) is 5.33. The number of hydrogen-bond acceptors (Lipinski definition) is 5. The molecule has 0 N–H and O–H groups in total. The first kappa shape index (κ1) is 24.5. The minimum absolute atomic E-state index is 0.0328. The number of hydrogen-bond donors (Lipinski definition) is 0. The minimum Gasteiger partial charge on any atom is -0.408 e. The van der Waals surface area contributed by atoms with Crippen LogP contribution in [0, 0.1) is 5.92 Å². The van der Waals surface area contributed by atoms with Gasteiger partial charge < -0.3 is 14.2 Å². The van der Waals surface area contributed by atoms with Crippen molar-refractivity contribution in [1.82, 2.24) is 19.4 Å². The lowest BCUT2D eigenvalue weighted by molar-refractivity contribution is -0.133. The van der Waals surface area contributed by atoms with E-state index in [4.69, 9.17) is 4.42 Å². The van der Waals surface area contributed by atoms with Crippen molar-refractivity contribution >= 4 is 22.9 Å². The molecule has 0 bridgehead atoms. The largest absolute Gasteiger partial charge is 0.420 e. The second kappa shape index (κ2) is 10.8. The highest BCUT2D eigenvalue weighted by Gasteiger charge is 2.33. The van der Waals surface area contributed by atoms with Gasteiger partial charge in [0.05, 0.1) is 5.52 Å². The molecule has 2 aromatic carbocycles. The first-order valence-corrected chi connectivity index (χ1v) is 12.6. The summed E-state index contributed by atoms with van der Waals surface area (Å²) in [5.41, 5.74) is 2.68. The number of likely N-dealkylation sites (N-methyl/N-ethyl adjacent to an activating group) is 1. The fourth-order valence-electron chi connectivity index (χ4n) is 5.23. The first-order chi connectivity index (χ1) is 18.0. The summed E-state index contributed by atoms with van der Waals surface area (Å²) in [6, 6.07) is 22.6. The third-order valence-electron chi connectivity index (χ3n) is 7.29. The Balaban J connectivity index is 1.29. The Labute approximate surface area is 215 Å². The Morgan fingerprint density at radius 2 is 1.70 bits per heavy atom. The molecule has 1 atom stereocenters. The van der Waals surface area contributed by atoms with Crippen LogP contribution < -0.4 is 5.76 Å². The van der Waals surface area contributed by atoms with Crippen LogP contribution in [0.25, 0.3) is 11.1 Å². The van der Waals surface area contributed by atoms with Crippen molar-refractivity contribution < 1.29 is 14.0 Å². The molecule has 0 aliphatic carbocycles. The number of rotatable bonds is 7. The van der Waals surface area contributed by atoms with Crippen molar-refractivity contribution in [2.45, 2.75) is 31.8 Å². The Morgan fingerprint density at radius 3 is 2.43 bits per heavy atom. The quantitative estimate of drug-likeness (QED) is 0.388. The lowest BCUT2D eigenvalue weighted by Gasteiger charge is -2.40. The zero-order valence-electron chi connectivity index (χ0n) is 20.8. The number of fused-ring (bicyclic) bond motifs is 1. The minimum atomic E-state index is -0.526. The monoisotopic (exact) mass is 498 g/mol. The number of pyridine rings is 1. The molecule has 2 aromatic heterocycles. The summed E-state index contributed by atoms with van der Waals surface area (Å²) in [6.45, 7) is 1.10. The first-order valence-electron chi connectivity index (χ1n) is 12.6. The van der Waals surface area contributed by atoms with Gasteiger partial charge in [-0.25, -0.2) is 4.79 Å². The smallest absolute Gasteiger partial charge is 0.408 e. The summed E-state index contributed by atoms with van der Waals surface area (Å²) in [7, 11) is 1.85. The normalized spacial score (nSPS) is 15.0. The number of oxazole rings is 1. The molecular weight excluding hydrogens is 468 g/mol. The number of carbonyl (C=O) groups is 2. The molecule has 0 spiro atoms. The number of aromatic nitrogens is 2. The third-order valence-corrected chi connectivity index (χ3v) is 7.29. The molecule has 8 nitrogen and oxygen atoms in total. The second-order valence-corrected chi connectivity index (χ2v) is 9.53. The number of likely N-dealkylation sites (tertiary alicyclic amines) is 1. The summed E-state index contributed by atoms with van der Waals surface area (Å²) >= 11 is 0. The van der Waals surface area contributed by atoms with Crippen LogP contribution in [0.2, 0.25) is 0 Å². The number of piperidine rings is 1. The van der Waals surface area contributed by atoms with Crippen molar-refractivity contribution in [3.63, 3.8) is 0 Å². The SMILES string of the molecule is CN(C(=O)c1ccccn1)[C@@H](Cc1ccccc1)C1CCN(C(=O)Cn2c(=O)oc3ccccc32)CC1. The van der Waals surface area contributed by atoms with Gasteiger partial charge in [0.25, 0.3) is 5.91 Å². The zero-order valence-corrected chi connectivity index (χ0v) is 20.8. The van der Waals surface area contributed by atoms with Crippen LogP contribution in [-0.2, 0) is 17.8 Å². The van der Waals surface area contributed by atoms with Gasteiger partial charge >= 0.3 is 5.76 Å². The number of para-hydroxylation sites is 2. The molecule has 8 heteroatoms. The van der Waals surface area contributed by atoms with Gasteiger partial charge in [0.1, 0.15) is 12.2 Å². The van der Waals surface area contributed by atoms with Crippen LogP contribution in [0.4, 0.5) is 0 Å². The molecule has 1 aliphatic rings. The topological polar surface area (TPSA) is 88.7 Å². The predicted octanol–water partition coefficient (Wildman–Crippen LogP) is 3.61. The van der Waals surface area contributed by atoms with Crippen LogP contribution in [0.3, 0.4) is 0 Å². The van der Waals surface area contributed by atoms with E-state index in [0.29, 0.717) is 29.9 Å². The van der Waals surface area contributed by atoms with E-state index in [0.717, 1.165) is 24.8 Å². The van der Waals surface area contributed by atoms with E-state index in [1.165, 1.54) is 4.57 Å². The van der Waals surface area contributed by atoms with E-state index in [9.17, 15) is 14.4 Å². The highest BCUT2D eigenvalue weighted by molar-refractivity contribution is 5.92. The summed E-state index contributed by atoms with van der Waals surface area (Å²) in [5, 5.41) is 0. The molecule has 4 aromatic rings. The summed E-state index contributed by atoms with van der Waals surface area (Å²) in [4.78, 5) is 46.6. The van der Waals surface area contributed by atoms with Gasteiger partial charge in [-0.15, -0.1) is 0 Å². The number of nitrogens with zero attached hydrogens (tertiary/aromatic N) is 4. The molecule has 190 valence electrons. The fraction of sp³-hybridized carbons (Fsp3) is 0.310. The number of amides is 2. The van der Waals surface area contributed by atoms with Crippen LogP contribution in [0.15, 0.2) is 88.2 Å². The van der Waals surface area contributed by atoms with Gasteiger partial charge in [-0.3, -0.25) is 19.1 Å². The fourth-order valence-corrected chi connectivity index (χ4v) is 5.23. The van der Waals surface area contributed by atoms with Crippen molar-refractivity contribution in [2.75, 3.05) is 20.1 Å². The molecule has 0 saturated carbocycles. The van der Waals surface area contributed by atoms with E-state index in [1.54, 1.807) is 36.5 Å². The Kier molecular flexibility index (Phi) is 7.16. The van der Waals surface area contributed by atoms with Gasteiger partial charge in [-0.1, -0.05) is 48.5 Å². The van der Waals surface area contributed by atoms with Gasteiger partial charge in [-0.05, 0) is 55.0 Å². The molecule has 1 fully saturated rings. The van der Waals surface area contributed by atoms with Crippen molar-refractivity contribution in [1.29, 1.82) is 0 Å². The summed E-state index contributed by atoms with van der Waals surface area (Å²) < 4.78 is 6.66. The number of carbonyl (C=O) groups excluding carboxylic acids is 2. The second-order valence-electron chi connectivity index (χ2n) is 9.53. The molecule has 1 aliphatic heterocycles. The predicted molar refractivity (Wildman–Crippen MR) is 140 cm³/mol. The van der Waals surface area contributed by atoms with E-state index >= 15 is 0 Å². The van der Waals surface area contributed by atoms with Crippen LogP contribution in [0.5, 0.6) is 0 Å². The summed E-state index contributed by atoms with van der Waals surface area (Å²) in [6.07, 6.45) is 3.89. The van der Waals surface area contributed by atoms with Crippen molar-refractivity contribution in [2.24, 2.45) is 5.92 Å². The molecule has 5 rings (SSSR count). The average molecular weight is 499 g/mol. The van der Waals surface area contributed by atoms with Gasteiger partial charge in [0.15, 0.2) is 5.58 Å². The van der Waals surface area contributed by atoms with E-state index in [-0.39, 0.29) is 30.3 Å². The summed E-state index contributed by atoms with van der Waals surface area (Å²) in [5.74, 6) is -0.516. The van der Waals surface area contributed by atoms with E-state index < -0.39 is 5.76 Å². The lowest BCUT2D eigenvalue weighted by Crippen LogP contribution is -2.49. The Hall–Kier alpha value is -4.20. The lowest BCUT2D eigenvalue weighted by atomic mass is 9.84. The highest BCUT2D eigenvalue weighted by atomic mass is 16.4. The van der Waals surface area contributed by atoms with Gasteiger partial charge in [0.2, 0.25) is 5.91 Å². The Morgan fingerprint density at radius 1 is 1.00 bits per heavy atom.